The molecule has 7 nitrogen and oxygen atoms in total. The molecule has 2 atom stereocenters. The molecule has 2 N–H and O–H groups in total. The zero-order valence-electron chi connectivity index (χ0n) is 25.7. The molecule has 8 heteroatoms. The van der Waals surface area contributed by atoms with Gasteiger partial charge in [0.05, 0.1) is 22.0 Å². The number of fused-ring (bicyclic) bond motifs is 1. The number of aromatic amines is 1. The van der Waals surface area contributed by atoms with Crippen LogP contribution in [0.15, 0.2) is 114 Å². The fourth-order valence-electron chi connectivity index (χ4n) is 5.72. The van der Waals surface area contributed by atoms with Crippen LogP contribution in [0, 0.1) is 12.8 Å². The molecule has 0 aliphatic rings. The molecule has 230 valence electrons. The minimum Gasteiger partial charge on any atom is -0.390 e. The van der Waals surface area contributed by atoms with Crippen molar-refractivity contribution in [2.45, 2.75) is 57.3 Å². The average Bonchev–Trinajstić information content (AvgIpc) is 3.40. The number of rotatable bonds is 14. The molecule has 0 saturated heterocycles. The minimum absolute atomic E-state index is 0.0296. The molecule has 0 fully saturated rings. The van der Waals surface area contributed by atoms with Gasteiger partial charge in [-0.1, -0.05) is 105 Å². The maximum absolute atomic E-state index is 14.2. The highest BCUT2D eigenvalue weighted by atomic mass is 32.2. The fourth-order valence-corrected chi connectivity index (χ4v) is 7.37. The highest BCUT2D eigenvalue weighted by Crippen LogP contribution is 2.25. The fraction of sp³-hybridized carbons (Fsp3) is 0.306. The smallest absolute Gasteiger partial charge is 0.243 e. The van der Waals surface area contributed by atoms with Crippen LogP contribution in [0.25, 0.3) is 11.0 Å². The molecule has 5 rings (SSSR count). The van der Waals surface area contributed by atoms with Crippen molar-refractivity contribution >= 4 is 21.1 Å². The summed E-state index contributed by atoms with van der Waals surface area (Å²) < 4.78 is 29.8. The summed E-state index contributed by atoms with van der Waals surface area (Å²) in [6.07, 6.45) is -0.398. The Hall–Kier alpha value is -3.82. The first-order valence-electron chi connectivity index (χ1n) is 15.2. The maximum Gasteiger partial charge on any atom is 0.243 e. The van der Waals surface area contributed by atoms with Gasteiger partial charge in [-0.3, -0.25) is 4.90 Å². The second kappa shape index (κ2) is 14.3. The van der Waals surface area contributed by atoms with E-state index in [9.17, 15) is 13.5 Å². The number of aromatic nitrogens is 2. The Balaban J connectivity index is 1.50. The van der Waals surface area contributed by atoms with Crippen molar-refractivity contribution in [1.82, 2.24) is 19.2 Å². The molecule has 2 unspecified atom stereocenters. The molecule has 1 heterocycles. The molecule has 0 amide bonds. The highest BCUT2D eigenvalue weighted by Gasteiger charge is 2.33. The van der Waals surface area contributed by atoms with E-state index in [0.29, 0.717) is 25.0 Å². The Morgan fingerprint density at radius 2 is 1.32 bits per heavy atom. The van der Waals surface area contributed by atoms with Crippen molar-refractivity contribution in [3.8, 4) is 0 Å². The van der Waals surface area contributed by atoms with Gasteiger partial charge in [0.2, 0.25) is 10.0 Å². The molecule has 1 aromatic heterocycles. The number of sulfonamides is 1. The number of nitrogens with one attached hydrogen (secondary N) is 1. The maximum atomic E-state index is 14.2. The normalized spacial score (nSPS) is 13.6. The van der Waals surface area contributed by atoms with Crippen molar-refractivity contribution in [2.75, 3.05) is 13.1 Å². The molecular formula is C36H42N4O3S. The van der Waals surface area contributed by atoms with Gasteiger partial charge in [-0.05, 0) is 54.2 Å². The zero-order valence-corrected chi connectivity index (χ0v) is 26.5. The van der Waals surface area contributed by atoms with Gasteiger partial charge in [0.15, 0.2) is 0 Å². The van der Waals surface area contributed by atoms with Crippen LogP contribution in [0.3, 0.4) is 0 Å². The summed E-state index contributed by atoms with van der Waals surface area (Å²) in [5.74, 6) is 0.789. The molecule has 0 spiro atoms. The average molecular weight is 611 g/mol. The quantitative estimate of drug-likeness (QED) is 0.157. The number of hydrogen-bond acceptors (Lipinski definition) is 5. The predicted octanol–water partition coefficient (Wildman–Crippen LogP) is 6.19. The summed E-state index contributed by atoms with van der Waals surface area (Å²) in [6.45, 7) is 7.31. The summed E-state index contributed by atoms with van der Waals surface area (Å²) in [5.41, 5.74) is 4.73. The van der Waals surface area contributed by atoms with Crippen molar-refractivity contribution in [2.24, 2.45) is 5.92 Å². The Kier molecular flexibility index (Phi) is 10.3. The van der Waals surface area contributed by atoms with Crippen molar-refractivity contribution < 1.29 is 13.5 Å². The van der Waals surface area contributed by atoms with Gasteiger partial charge in [-0.2, -0.15) is 4.31 Å². The summed E-state index contributed by atoms with van der Waals surface area (Å²) in [4.78, 5) is 10.0. The summed E-state index contributed by atoms with van der Waals surface area (Å²) >= 11 is 0. The molecule has 44 heavy (non-hydrogen) atoms. The van der Waals surface area contributed by atoms with E-state index < -0.39 is 16.1 Å². The third-order valence-electron chi connectivity index (χ3n) is 7.83. The molecule has 0 saturated carbocycles. The van der Waals surface area contributed by atoms with Gasteiger partial charge >= 0.3 is 0 Å². The Bertz CT molecular complexity index is 1680. The van der Waals surface area contributed by atoms with Gasteiger partial charge in [0.1, 0.15) is 5.82 Å². The highest BCUT2D eigenvalue weighted by molar-refractivity contribution is 7.89. The third-order valence-corrected chi connectivity index (χ3v) is 9.65. The standard InChI is InChI=1S/C36H42N4O3S/c1-27(2)23-40(44(42,43)32-19-20-33-34(22-32)38-28(3)37-33)26-36(41)35(21-29-13-7-4-8-14-29)39(24-30-15-9-5-10-16-30)25-31-17-11-6-12-18-31/h4-20,22,27,35-36,41H,21,23-26H2,1-3H3,(H,37,38). The van der Waals surface area contributed by atoms with Crippen molar-refractivity contribution in [3.63, 3.8) is 0 Å². The third kappa shape index (κ3) is 8.01. The summed E-state index contributed by atoms with van der Waals surface area (Å²) in [6, 6.07) is 35.2. The van der Waals surface area contributed by atoms with Gasteiger partial charge < -0.3 is 10.1 Å². The number of imidazole rings is 1. The second-order valence-electron chi connectivity index (χ2n) is 11.9. The number of aliphatic hydroxyl groups is 1. The first-order valence-corrected chi connectivity index (χ1v) is 16.6. The van der Waals surface area contributed by atoms with E-state index in [1.807, 2.05) is 75.4 Å². The lowest BCUT2D eigenvalue weighted by Crippen LogP contribution is -2.50. The minimum atomic E-state index is -3.92. The van der Waals surface area contributed by atoms with E-state index in [1.165, 1.54) is 4.31 Å². The summed E-state index contributed by atoms with van der Waals surface area (Å²) in [5, 5.41) is 12.1. The molecule has 0 bridgehead atoms. The van der Waals surface area contributed by atoms with Crippen LogP contribution < -0.4 is 0 Å². The number of H-pyrrole nitrogens is 1. The Morgan fingerprint density at radius 3 is 1.86 bits per heavy atom. The van der Waals surface area contributed by atoms with Crippen LogP contribution in [0.1, 0.15) is 36.4 Å². The topological polar surface area (TPSA) is 89.5 Å². The van der Waals surface area contributed by atoms with Crippen molar-refractivity contribution in [3.05, 3.63) is 132 Å². The van der Waals surface area contributed by atoms with Gasteiger partial charge in [0, 0.05) is 32.2 Å². The van der Waals surface area contributed by atoms with Crippen LogP contribution in [0.5, 0.6) is 0 Å². The Labute approximate surface area is 261 Å². The van der Waals surface area contributed by atoms with Crippen LogP contribution in [0.2, 0.25) is 0 Å². The van der Waals surface area contributed by atoms with E-state index in [2.05, 4.69) is 51.3 Å². The first-order chi connectivity index (χ1) is 21.2. The molecule has 4 aromatic carbocycles. The second-order valence-corrected chi connectivity index (χ2v) is 13.9. The van der Waals surface area contributed by atoms with Crippen molar-refractivity contribution in [1.29, 1.82) is 0 Å². The monoisotopic (exact) mass is 610 g/mol. The van der Waals surface area contributed by atoms with Gasteiger partial charge in [-0.25, -0.2) is 13.4 Å². The number of nitrogens with zero attached hydrogens (tertiary/aromatic N) is 3. The molecule has 5 aromatic rings. The van der Waals surface area contributed by atoms with E-state index in [0.717, 1.165) is 28.0 Å². The lowest BCUT2D eigenvalue weighted by atomic mass is 9.97. The predicted molar refractivity (Wildman–Crippen MR) is 176 cm³/mol. The number of hydrogen-bond donors (Lipinski definition) is 2. The van der Waals surface area contributed by atoms with Crippen LogP contribution in [-0.4, -0.2) is 57.9 Å². The van der Waals surface area contributed by atoms with E-state index in [4.69, 9.17) is 0 Å². The van der Waals surface area contributed by atoms with E-state index >= 15 is 0 Å². The Morgan fingerprint density at radius 1 is 0.773 bits per heavy atom. The zero-order chi connectivity index (χ0) is 31.1. The SMILES string of the molecule is Cc1nc2ccc(S(=O)(=O)N(CC(C)C)CC(O)C(Cc3ccccc3)N(Cc3ccccc3)Cc3ccccc3)cc2[nH]1. The van der Waals surface area contributed by atoms with E-state index in [1.54, 1.807) is 18.2 Å². The number of aryl methyl sites for hydroxylation is 1. The van der Waals surface area contributed by atoms with Gasteiger partial charge in [0.25, 0.3) is 0 Å². The number of aliphatic hydroxyl groups excluding tert-OH is 1. The molecule has 0 aliphatic carbocycles. The van der Waals surface area contributed by atoms with Crippen LogP contribution in [0.4, 0.5) is 0 Å². The molecule has 0 radical (unpaired) electrons. The molecule has 0 aliphatic heterocycles. The van der Waals surface area contributed by atoms with E-state index in [-0.39, 0.29) is 29.9 Å². The largest absolute Gasteiger partial charge is 0.390 e. The van der Waals surface area contributed by atoms with Gasteiger partial charge in [-0.15, -0.1) is 0 Å². The summed E-state index contributed by atoms with van der Waals surface area (Å²) in [7, 11) is -3.92. The van der Waals surface area contributed by atoms with Crippen LogP contribution >= 0.6 is 0 Å². The number of benzene rings is 4. The first kappa shape index (κ1) is 31.6. The van der Waals surface area contributed by atoms with Crippen LogP contribution in [-0.2, 0) is 29.5 Å². The lowest BCUT2D eigenvalue weighted by molar-refractivity contribution is 0.0273. The lowest BCUT2D eigenvalue weighted by Gasteiger charge is -2.37. The molecular weight excluding hydrogens is 568 g/mol.